The van der Waals surface area contributed by atoms with E-state index in [1.165, 1.54) is 49.5 Å². The zero-order chi connectivity index (χ0) is 36.0. The van der Waals surface area contributed by atoms with E-state index in [1.54, 1.807) is 0 Å². The molecule has 254 valence electrons. The second-order valence-corrected chi connectivity index (χ2v) is 14.9. The van der Waals surface area contributed by atoms with Crippen molar-refractivity contribution in [1.29, 1.82) is 0 Å². The summed E-state index contributed by atoms with van der Waals surface area (Å²) in [5.41, 5.74) is 14.2. The summed E-state index contributed by atoms with van der Waals surface area (Å²) in [6.07, 6.45) is 0. The van der Waals surface area contributed by atoms with Gasteiger partial charge in [-0.1, -0.05) is 159 Å². The highest BCUT2D eigenvalue weighted by atomic mass is 16.3. The summed E-state index contributed by atoms with van der Waals surface area (Å²) in [5.74, 6) is 0.691. The summed E-state index contributed by atoms with van der Waals surface area (Å²) >= 11 is 0. The summed E-state index contributed by atoms with van der Waals surface area (Å²) in [5, 5.41) is 7.04. The van der Waals surface area contributed by atoms with Gasteiger partial charge in [0.2, 0.25) is 0 Å². The largest absolute Gasteiger partial charge is 0.456 e. The lowest BCUT2D eigenvalue weighted by Gasteiger charge is -2.26. The van der Waals surface area contributed by atoms with Crippen LogP contribution in [-0.2, 0) is 5.41 Å². The van der Waals surface area contributed by atoms with Crippen molar-refractivity contribution in [3.05, 3.63) is 181 Å². The van der Waals surface area contributed by atoms with E-state index in [0.29, 0.717) is 5.82 Å². The maximum atomic E-state index is 6.30. The number of rotatable bonds is 4. The molecule has 0 fully saturated rings. The second kappa shape index (κ2) is 11.6. The van der Waals surface area contributed by atoms with Crippen molar-refractivity contribution in [1.82, 2.24) is 9.97 Å². The first-order valence-corrected chi connectivity index (χ1v) is 18.6. The van der Waals surface area contributed by atoms with Crippen LogP contribution < -0.4 is 0 Å². The lowest BCUT2D eigenvalue weighted by molar-refractivity contribution is 0.668. The van der Waals surface area contributed by atoms with Crippen LogP contribution >= 0.6 is 0 Å². The Morgan fingerprint density at radius 2 is 0.981 bits per heavy atom. The van der Waals surface area contributed by atoms with Crippen LogP contribution in [0.5, 0.6) is 0 Å². The average Bonchev–Trinajstić information content (AvgIpc) is 3.73. The van der Waals surface area contributed by atoms with Gasteiger partial charge in [0.25, 0.3) is 0 Å². The van der Waals surface area contributed by atoms with Gasteiger partial charge in [0, 0.05) is 32.9 Å². The molecule has 3 heteroatoms. The minimum atomic E-state index is -0.192. The third-order valence-corrected chi connectivity index (χ3v) is 11.5. The van der Waals surface area contributed by atoms with E-state index in [1.807, 2.05) is 24.3 Å². The Balaban J connectivity index is 1.13. The Labute approximate surface area is 313 Å². The molecule has 3 nitrogen and oxygen atoms in total. The Morgan fingerprint density at radius 1 is 0.407 bits per heavy atom. The van der Waals surface area contributed by atoms with Crippen LogP contribution in [0.1, 0.15) is 25.0 Å². The highest BCUT2D eigenvalue weighted by Gasteiger charge is 2.39. The van der Waals surface area contributed by atoms with Crippen molar-refractivity contribution < 1.29 is 4.42 Å². The van der Waals surface area contributed by atoms with E-state index in [9.17, 15) is 0 Å². The molecule has 2 aromatic heterocycles. The SMILES string of the molecule is CC1(C)c2c(cccc2-c2ccc(-c3nc(-c4ccccc4)cc(-c4cccc5oc6ccccc6c45)n3)c3ccccc23)-c2ccc3ccccc3c21. The van der Waals surface area contributed by atoms with Crippen LogP contribution in [0.25, 0.3) is 99.6 Å². The minimum absolute atomic E-state index is 0.192. The van der Waals surface area contributed by atoms with Crippen molar-refractivity contribution in [3.8, 4) is 56.2 Å². The molecule has 0 aliphatic heterocycles. The smallest absolute Gasteiger partial charge is 0.161 e. The van der Waals surface area contributed by atoms with Gasteiger partial charge in [-0.25, -0.2) is 9.97 Å². The highest BCUT2D eigenvalue weighted by molar-refractivity contribution is 6.12. The van der Waals surface area contributed by atoms with Crippen molar-refractivity contribution >= 4 is 43.5 Å². The third-order valence-electron chi connectivity index (χ3n) is 11.5. The molecule has 0 saturated heterocycles. The van der Waals surface area contributed by atoms with E-state index in [0.717, 1.165) is 55.4 Å². The van der Waals surface area contributed by atoms with Crippen LogP contribution in [0.4, 0.5) is 0 Å². The van der Waals surface area contributed by atoms with E-state index in [4.69, 9.17) is 14.4 Å². The fourth-order valence-electron chi connectivity index (χ4n) is 9.15. The Kier molecular flexibility index (Phi) is 6.60. The zero-order valence-electron chi connectivity index (χ0n) is 30.0. The maximum absolute atomic E-state index is 6.30. The van der Waals surface area contributed by atoms with Gasteiger partial charge in [-0.15, -0.1) is 0 Å². The van der Waals surface area contributed by atoms with Crippen LogP contribution in [0.3, 0.4) is 0 Å². The van der Waals surface area contributed by atoms with Gasteiger partial charge in [0.15, 0.2) is 5.82 Å². The molecule has 0 bridgehead atoms. The highest BCUT2D eigenvalue weighted by Crippen LogP contribution is 2.55. The summed E-state index contributed by atoms with van der Waals surface area (Å²) < 4.78 is 6.30. The number of hydrogen-bond donors (Lipinski definition) is 0. The van der Waals surface area contributed by atoms with Crippen LogP contribution in [0, 0.1) is 0 Å². The summed E-state index contributed by atoms with van der Waals surface area (Å²) in [6.45, 7) is 4.77. The fourth-order valence-corrected chi connectivity index (χ4v) is 9.15. The monoisotopic (exact) mass is 690 g/mol. The molecule has 54 heavy (non-hydrogen) atoms. The average molecular weight is 691 g/mol. The zero-order valence-corrected chi connectivity index (χ0v) is 30.0. The summed E-state index contributed by atoms with van der Waals surface area (Å²) in [4.78, 5) is 10.7. The third kappa shape index (κ3) is 4.48. The van der Waals surface area contributed by atoms with E-state index < -0.39 is 0 Å². The molecule has 11 rings (SSSR count). The molecule has 8 aromatic carbocycles. The van der Waals surface area contributed by atoms with Gasteiger partial charge in [-0.3, -0.25) is 0 Å². The predicted octanol–water partition coefficient (Wildman–Crippen LogP) is 13.7. The Hall–Kier alpha value is -6.84. The van der Waals surface area contributed by atoms with Crippen molar-refractivity contribution in [3.63, 3.8) is 0 Å². The van der Waals surface area contributed by atoms with Crippen LogP contribution in [0.2, 0.25) is 0 Å². The molecule has 0 spiro atoms. The number of para-hydroxylation sites is 1. The van der Waals surface area contributed by atoms with Gasteiger partial charge >= 0.3 is 0 Å². The Bertz CT molecular complexity index is 3130. The van der Waals surface area contributed by atoms with Crippen molar-refractivity contribution in [2.24, 2.45) is 0 Å². The maximum Gasteiger partial charge on any atom is 0.161 e. The van der Waals surface area contributed by atoms with Gasteiger partial charge in [0.1, 0.15) is 11.2 Å². The van der Waals surface area contributed by atoms with Gasteiger partial charge < -0.3 is 4.42 Å². The Morgan fingerprint density at radius 3 is 1.81 bits per heavy atom. The number of aromatic nitrogens is 2. The first-order chi connectivity index (χ1) is 26.5. The van der Waals surface area contributed by atoms with E-state index >= 15 is 0 Å². The molecule has 10 aromatic rings. The molecule has 1 aliphatic rings. The number of fused-ring (bicyclic) bond motifs is 9. The van der Waals surface area contributed by atoms with Crippen LogP contribution in [-0.4, -0.2) is 9.97 Å². The molecule has 0 unspecified atom stereocenters. The summed E-state index contributed by atoms with van der Waals surface area (Å²) in [6, 6.07) is 60.4. The lowest BCUT2D eigenvalue weighted by atomic mass is 9.77. The van der Waals surface area contributed by atoms with Gasteiger partial charge in [0.05, 0.1) is 11.4 Å². The number of benzene rings is 8. The first-order valence-electron chi connectivity index (χ1n) is 18.6. The summed E-state index contributed by atoms with van der Waals surface area (Å²) in [7, 11) is 0. The van der Waals surface area contributed by atoms with E-state index in [-0.39, 0.29) is 5.41 Å². The lowest BCUT2D eigenvalue weighted by Crippen LogP contribution is -2.17. The van der Waals surface area contributed by atoms with Crippen molar-refractivity contribution in [2.45, 2.75) is 19.3 Å². The standard InChI is InChI=1S/C51H34N2O/c1-51(2)48-33-17-7-6-14-31(33)26-27-39(48)38-22-12-21-37(49(38)51)36-28-29-40(35-19-9-8-18-34(35)36)50-52-43(32-15-4-3-5-16-32)30-44(53-50)41-23-13-25-46-47(41)42-20-10-11-24-45(42)54-46/h3-30H,1-2H3. The fraction of sp³-hybridized carbons (Fsp3) is 0.0588. The van der Waals surface area contributed by atoms with Gasteiger partial charge in [-0.2, -0.15) is 0 Å². The molecule has 0 radical (unpaired) electrons. The molecule has 2 heterocycles. The number of hydrogen-bond acceptors (Lipinski definition) is 3. The molecular formula is C51H34N2O. The minimum Gasteiger partial charge on any atom is -0.456 e. The molecule has 1 aliphatic carbocycles. The molecule has 0 saturated carbocycles. The van der Waals surface area contributed by atoms with E-state index in [2.05, 4.69) is 159 Å². The quantitative estimate of drug-likeness (QED) is 0.184. The topological polar surface area (TPSA) is 38.9 Å². The normalized spacial score (nSPS) is 13.1. The van der Waals surface area contributed by atoms with Gasteiger partial charge in [-0.05, 0) is 79.2 Å². The first kappa shape index (κ1) is 30.8. The van der Waals surface area contributed by atoms with Crippen LogP contribution in [0.15, 0.2) is 174 Å². The molecule has 0 amide bonds. The molecular weight excluding hydrogens is 657 g/mol. The second-order valence-electron chi connectivity index (χ2n) is 14.9. The number of furan rings is 1. The predicted molar refractivity (Wildman–Crippen MR) is 224 cm³/mol. The number of nitrogens with zero attached hydrogens (tertiary/aromatic N) is 2. The van der Waals surface area contributed by atoms with Crippen molar-refractivity contribution in [2.75, 3.05) is 0 Å². The molecule has 0 atom stereocenters. The molecule has 0 N–H and O–H groups in total.